The van der Waals surface area contributed by atoms with E-state index >= 15 is 0 Å². The average molecular weight is 684 g/mol. The third-order valence-electron chi connectivity index (χ3n) is 10.4. The zero-order valence-corrected chi connectivity index (χ0v) is 28.9. The maximum absolute atomic E-state index is 7.03. The summed E-state index contributed by atoms with van der Waals surface area (Å²) in [5, 5.41) is 4.54. The summed E-state index contributed by atoms with van der Waals surface area (Å²) in [6, 6.07) is 63.2. The third kappa shape index (κ3) is 4.34. The van der Waals surface area contributed by atoms with E-state index in [-0.39, 0.29) is 6.71 Å². The van der Waals surface area contributed by atoms with E-state index in [1.54, 1.807) is 11.3 Å². The Morgan fingerprint density at radius 3 is 1.77 bits per heavy atom. The molecule has 0 spiro atoms. The summed E-state index contributed by atoms with van der Waals surface area (Å²) in [5.41, 5.74) is 14.3. The van der Waals surface area contributed by atoms with Crippen LogP contribution in [0.25, 0.3) is 21.1 Å². The molecule has 4 nitrogen and oxygen atoms in total. The predicted octanol–water partition coefficient (Wildman–Crippen LogP) is 11.2. The zero-order valence-electron chi connectivity index (χ0n) is 28.1. The first kappa shape index (κ1) is 29.3. The summed E-state index contributed by atoms with van der Waals surface area (Å²) in [5.74, 6) is 0. The van der Waals surface area contributed by atoms with Gasteiger partial charge in [0, 0.05) is 49.9 Å². The van der Waals surface area contributed by atoms with Crippen LogP contribution in [0.2, 0.25) is 0 Å². The summed E-state index contributed by atoms with van der Waals surface area (Å²) in [6.07, 6.45) is 0. The number of furan rings is 1. The number of fused-ring (bicyclic) bond motifs is 7. The van der Waals surface area contributed by atoms with Crippen molar-refractivity contribution < 1.29 is 4.42 Å². The molecule has 2 aliphatic rings. The highest BCUT2D eigenvalue weighted by atomic mass is 32.1. The molecule has 0 saturated heterocycles. The van der Waals surface area contributed by atoms with Gasteiger partial charge in [0.1, 0.15) is 5.58 Å². The average Bonchev–Trinajstić information content (AvgIpc) is 3.83. The summed E-state index contributed by atoms with van der Waals surface area (Å²) < 4.78 is 8.31. The van der Waals surface area contributed by atoms with E-state index in [1.807, 2.05) is 0 Å². The molecule has 4 heterocycles. The standard InChI is InChI=1S/C46H30BN3OS/c1-5-15-32(16-6-1)48(33-17-7-2-8-18-33)36-28-40-44-41(29-36)50(35-21-11-4-12-22-35)45-37-23-13-14-24-42(37)51-46(45)47(44)38-30-43-31(25-26-52-43)27-39(38)49(40)34-19-9-3-10-20-34/h1-30H. The molecular formula is C46H30BN3OS. The van der Waals surface area contributed by atoms with Gasteiger partial charge in [0.2, 0.25) is 0 Å². The summed E-state index contributed by atoms with van der Waals surface area (Å²) in [7, 11) is 0. The van der Waals surface area contributed by atoms with Crippen molar-refractivity contribution in [3.63, 3.8) is 0 Å². The van der Waals surface area contributed by atoms with Gasteiger partial charge in [0.25, 0.3) is 6.71 Å². The number of para-hydroxylation sites is 5. The smallest absolute Gasteiger partial charge is 0.297 e. The van der Waals surface area contributed by atoms with E-state index < -0.39 is 0 Å². The van der Waals surface area contributed by atoms with Crippen LogP contribution in [0.1, 0.15) is 0 Å². The first-order valence-corrected chi connectivity index (χ1v) is 18.5. The molecule has 0 unspecified atom stereocenters. The van der Waals surface area contributed by atoms with E-state index in [9.17, 15) is 0 Å². The third-order valence-corrected chi connectivity index (χ3v) is 11.3. The van der Waals surface area contributed by atoms with Gasteiger partial charge in [0.05, 0.1) is 17.0 Å². The van der Waals surface area contributed by atoms with Gasteiger partial charge in [-0.2, -0.15) is 0 Å². The van der Waals surface area contributed by atoms with Gasteiger partial charge in [-0.1, -0.05) is 84.9 Å². The van der Waals surface area contributed by atoms with Crippen molar-refractivity contribution in [2.24, 2.45) is 0 Å². The molecule has 0 aliphatic carbocycles. The van der Waals surface area contributed by atoms with Crippen LogP contribution in [0.4, 0.5) is 51.2 Å². The molecule has 2 aliphatic heterocycles. The highest BCUT2D eigenvalue weighted by Crippen LogP contribution is 2.50. The van der Waals surface area contributed by atoms with Crippen molar-refractivity contribution in [3.8, 4) is 0 Å². The normalized spacial score (nSPS) is 12.9. The number of hydrogen-bond acceptors (Lipinski definition) is 5. The molecule has 0 saturated carbocycles. The van der Waals surface area contributed by atoms with Crippen LogP contribution in [0.15, 0.2) is 186 Å². The van der Waals surface area contributed by atoms with Crippen LogP contribution in [-0.4, -0.2) is 6.71 Å². The van der Waals surface area contributed by atoms with Gasteiger partial charge in [-0.05, 0) is 113 Å². The van der Waals surface area contributed by atoms with Crippen LogP contribution in [-0.2, 0) is 0 Å². The molecule has 11 rings (SSSR count). The van der Waals surface area contributed by atoms with Gasteiger partial charge >= 0.3 is 0 Å². The molecule has 244 valence electrons. The second-order valence-corrected chi connectivity index (χ2v) is 14.3. The molecule has 0 bridgehead atoms. The van der Waals surface area contributed by atoms with E-state index in [4.69, 9.17) is 4.42 Å². The number of nitrogens with zero attached hydrogens (tertiary/aromatic N) is 3. The van der Waals surface area contributed by atoms with Crippen LogP contribution in [0.3, 0.4) is 0 Å². The van der Waals surface area contributed by atoms with Gasteiger partial charge in [-0.3, -0.25) is 0 Å². The summed E-state index contributed by atoms with van der Waals surface area (Å²) in [6.45, 7) is -0.121. The number of thiophene rings is 1. The maximum atomic E-state index is 7.03. The van der Waals surface area contributed by atoms with E-state index in [0.717, 1.165) is 62.1 Å². The van der Waals surface area contributed by atoms with E-state index in [1.165, 1.54) is 26.7 Å². The SMILES string of the molecule is c1ccc(N(c2ccccc2)c2cc3c4c(c2)N(c2ccccc2)c2c(oc5ccccc25)B4c2cc4sccc4cc2N3c2ccccc2)cc1. The quantitative estimate of drug-likeness (QED) is 0.168. The Balaban J connectivity index is 1.31. The second-order valence-electron chi connectivity index (χ2n) is 13.4. The zero-order chi connectivity index (χ0) is 34.2. The second kappa shape index (κ2) is 11.5. The Kier molecular flexibility index (Phi) is 6.48. The molecule has 7 aromatic carbocycles. The van der Waals surface area contributed by atoms with Crippen molar-refractivity contribution in [1.82, 2.24) is 0 Å². The lowest BCUT2D eigenvalue weighted by atomic mass is 9.35. The molecule has 0 amide bonds. The lowest BCUT2D eigenvalue weighted by molar-refractivity contribution is 0.651. The lowest BCUT2D eigenvalue weighted by Gasteiger charge is -2.43. The molecule has 0 radical (unpaired) electrons. The monoisotopic (exact) mass is 683 g/mol. The van der Waals surface area contributed by atoms with E-state index in [2.05, 4.69) is 196 Å². The number of anilines is 9. The molecule has 52 heavy (non-hydrogen) atoms. The van der Waals surface area contributed by atoms with Crippen LogP contribution in [0, 0.1) is 0 Å². The lowest BCUT2D eigenvalue weighted by Crippen LogP contribution is -2.61. The Morgan fingerprint density at radius 1 is 0.519 bits per heavy atom. The summed E-state index contributed by atoms with van der Waals surface area (Å²) in [4.78, 5) is 7.28. The predicted molar refractivity (Wildman–Crippen MR) is 220 cm³/mol. The van der Waals surface area contributed by atoms with Crippen molar-refractivity contribution >= 4 is 107 Å². The van der Waals surface area contributed by atoms with Crippen molar-refractivity contribution in [1.29, 1.82) is 0 Å². The maximum Gasteiger partial charge on any atom is 0.297 e. The molecule has 2 aromatic heterocycles. The van der Waals surface area contributed by atoms with Crippen molar-refractivity contribution in [2.45, 2.75) is 0 Å². The number of benzene rings is 7. The molecule has 9 aromatic rings. The largest absolute Gasteiger partial charge is 0.468 e. The van der Waals surface area contributed by atoms with Gasteiger partial charge in [-0.15, -0.1) is 11.3 Å². The minimum atomic E-state index is -0.121. The van der Waals surface area contributed by atoms with Crippen molar-refractivity contribution in [3.05, 3.63) is 181 Å². The molecule has 0 atom stereocenters. The fraction of sp³-hybridized carbons (Fsp3) is 0. The number of hydrogen-bond donors (Lipinski definition) is 0. The minimum absolute atomic E-state index is 0.121. The Bertz CT molecular complexity index is 2720. The molecule has 0 N–H and O–H groups in total. The minimum Gasteiger partial charge on any atom is -0.468 e. The first-order chi connectivity index (χ1) is 25.8. The fourth-order valence-electron chi connectivity index (χ4n) is 8.30. The van der Waals surface area contributed by atoms with Crippen LogP contribution >= 0.6 is 11.3 Å². The van der Waals surface area contributed by atoms with Crippen molar-refractivity contribution in [2.75, 3.05) is 14.7 Å². The van der Waals surface area contributed by atoms with E-state index in [0.29, 0.717) is 0 Å². The van der Waals surface area contributed by atoms with Gasteiger partial charge in [-0.25, -0.2) is 0 Å². The Morgan fingerprint density at radius 2 is 1.10 bits per heavy atom. The van der Waals surface area contributed by atoms with Gasteiger partial charge < -0.3 is 19.1 Å². The first-order valence-electron chi connectivity index (χ1n) is 17.6. The highest BCUT2D eigenvalue weighted by molar-refractivity contribution is 7.17. The molecule has 0 fully saturated rings. The number of rotatable bonds is 5. The van der Waals surface area contributed by atoms with Crippen LogP contribution < -0.4 is 31.3 Å². The Hall–Kier alpha value is -6.50. The fourth-order valence-corrected chi connectivity index (χ4v) is 9.12. The Labute approximate surface area is 306 Å². The summed E-state index contributed by atoms with van der Waals surface area (Å²) >= 11 is 1.79. The highest BCUT2D eigenvalue weighted by Gasteiger charge is 2.47. The molecule has 6 heteroatoms. The van der Waals surface area contributed by atoms with Crippen LogP contribution in [0.5, 0.6) is 0 Å². The molecular weight excluding hydrogens is 653 g/mol. The topological polar surface area (TPSA) is 22.9 Å². The van der Waals surface area contributed by atoms with Gasteiger partial charge in [0.15, 0.2) is 0 Å².